The number of aromatic nitrogens is 1. The van der Waals surface area contributed by atoms with Gasteiger partial charge in [0.05, 0.1) is 16.2 Å². The Bertz CT molecular complexity index is 573. The molecule has 0 radical (unpaired) electrons. The van der Waals surface area contributed by atoms with E-state index >= 15 is 0 Å². The molecule has 0 unspecified atom stereocenters. The Morgan fingerprint density at radius 2 is 2.29 bits per heavy atom. The van der Waals surface area contributed by atoms with Crippen LogP contribution >= 0.6 is 22.9 Å². The summed E-state index contributed by atoms with van der Waals surface area (Å²) in [5, 5.41) is 12.2. The number of carboxylic acid groups (broad SMARTS) is 1. The summed E-state index contributed by atoms with van der Waals surface area (Å²) in [5.74, 6) is -1.61. The van der Waals surface area contributed by atoms with E-state index in [2.05, 4.69) is 10.3 Å². The Labute approximate surface area is 105 Å². The number of carboxylic acids is 1. The van der Waals surface area contributed by atoms with Gasteiger partial charge in [-0.3, -0.25) is 0 Å². The highest BCUT2D eigenvalue weighted by atomic mass is 35.5. The predicted octanol–water partition coefficient (Wildman–Crippen LogP) is 3.38. The van der Waals surface area contributed by atoms with Gasteiger partial charge in [0, 0.05) is 0 Å². The predicted molar refractivity (Wildman–Crippen MR) is 63.8 cm³/mol. The molecule has 0 aliphatic rings. The van der Waals surface area contributed by atoms with E-state index in [1.165, 1.54) is 23.7 Å². The number of hydrogen-bond donors (Lipinski definition) is 2. The molecule has 0 fully saturated rings. The lowest BCUT2D eigenvalue weighted by Crippen LogP contribution is -2.01. The molecule has 1 aromatic heterocycles. The number of hydrogen-bond acceptors (Lipinski definition) is 4. The molecule has 0 atom stereocenters. The van der Waals surface area contributed by atoms with Crippen LogP contribution in [0, 0.1) is 5.82 Å². The van der Waals surface area contributed by atoms with Crippen LogP contribution in [0.5, 0.6) is 0 Å². The standard InChI is InChI=1S/C10H6ClFN2O2S/c11-6-2-1-5(12)3-7(6)14-9-8(10(15)16)13-4-17-9/h1-4,14H,(H,15,16). The van der Waals surface area contributed by atoms with Crippen molar-refractivity contribution in [2.24, 2.45) is 0 Å². The summed E-state index contributed by atoms with van der Waals surface area (Å²) < 4.78 is 13.0. The van der Waals surface area contributed by atoms with Crippen LogP contribution in [0.25, 0.3) is 0 Å². The maximum absolute atomic E-state index is 13.0. The van der Waals surface area contributed by atoms with Crippen molar-refractivity contribution in [3.63, 3.8) is 0 Å². The van der Waals surface area contributed by atoms with Gasteiger partial charge in [0.1, 0.15) is 10.8 Å². The maximum Gasteiger partial charge on any atom is 0.357 e. The number of aromatic carboxylic acids is 1. The first-order valence-corrected chi connectivity index (χ1v) is 5.72. The highest BCUT2D eigenvalue weighted by Crippen LogP contribution is 2.30. The molecule has 2 N–H and O–H groups in total. The fraction of sp³-hybridized carbons (Fsp3) is 0. The van der Waals surface area contributed by atoms with Gasteiger partial charge in [-0.15, -0.1) is 11.3 Å². The molecule has 88 valence electrons. The molecular formula is C10H6ClFN2O2S. The van der Waals surface area contributed by atoms with Crippen molar-refractivity contribution >= 4 is 39.6 Å². The van der Waals surface area contributed by atoms with Crippen LogP contribution in [0.3, 0.4) is 0 Å². The van der Waals surface area contributed by atoms with E-state index in [1.807, 2.05) is 0 Å². The Morgan fingerprint density at radius 3 is 3.00 bits per heavy atom. The maximum atomic E-state index is 13.0. The van der Waals surface area contributed by atoms with E-state index in [-0.39, 0.29) is 5.69 Å². The molecule has 7 heteroatoms. The molecule has 1 heterocycles. The third kappa shape index (κ3) is 2.54. The molecule has 0 saturated carbocycles. The van der Waals surface area contributed by atoms with Gasteiger partial charge in [0.15, 0.2) is 5.69 Å². The SMILES string of the molecule is O=C(O)c1ncsc1Nc1cc(F)ccc1Cl. The molecule has 17 heavy (non-hydrogen) atoms. The zero-order chi connectivity index (χ0) is 12.4. The number of rotatable bonds is 3. The van der Waals surface area contributed by atoms with Crippen molar-refractivity contribution in [3.05, 3.63) is 40.2 Å². The third-order valence-corrected chi connectivity index (χ3v) is 3.02. The minimum atomic E-state index is -1.15. The van der Waals surface area contributed by atoms with Crippen molar-refractivity contribution in [1.82, 2.24) is 4.98 Å². The molecule has 0 aliphatic heterocycles. The number of halogens is 2. The topological polar surface area (TPSA) is 62.2 Å². The second-order valence-electron chi connectivity index (χ2n) is 3.08. The Kier molecular flexibility index (Phi) is 3.26. The molecular weight excluding hydrogens is 267 g/mol. The van der Waals surface area contributed by atoms with Crippen LogP contribution in [0.15, 0.2) is 23.7 Å². The molecule has 0 aliphatic carbocycles. The summed E-state index contributed by atoms with van der Waals surface area (Å²) in [6.07, 6.45) is 0. The largest absolute Gasteiger partial charge is 0.476 e. The average molecular weight is 273 g/mol. The molecule has 2 aromatic rings. The first kappa shape index (κ1) is 11.8. The van der Waals surface area contributed by atoms with Gasteiger partial charge in [0.2, 0.25) is 0 Å². The number of nitrogens with zero attached hydrogens (tertiary/aromatic N) is 1. The minimum absolute atomic E-state index is 0.115. The first-order valence-electron chi connectivity index (χ1n) is 4.47. The third-order valence-electron chi connectivity index (χ3n) is 1.95. The van der Waals surface area contributed by atoms with E-state index in [0.29, 0.717) is 15.7 Å². The van der Waals surface area contributed by atoms with Crippen LogP contribution in [-0.4, -0.2) is 16.1 Å². The lowest BCUT2D eigenvalue weighted by Gasteiger charge is -2.06. The van der Waals surface area contributed by atoms with E-state index < -0.39 is 11.8 Å². The van der Waals surface area contributed by atoms with Gasteiger partial charge in [-0.25, -0.2) is 14.2 Å². The Hall–Kier alpha value is -1.66. The van der Waals surface area contributed by atoms with Crippen molar-refractivity contribution in [3.8, 4) is 0 Å². The fourth-order valence-corrected chi connectivity index (χ4v) is 2.05. The number of nitrogens with one attached hydrogen (secondary N) is 1. The van der Waals surface area contributed by atoms with Crippen molar-refractivity contribution in [1.29, 1.82) is 0 Å². The monoisotopic (exact) mass is 272 g/mol. The van der Waals surface area contributed by atoms with Crippen molar-refractivity contribution in [2.45, 2.75) is 0 Å². The first-order chi connectivity index (χ1) is 8.08. The lowest BCUT2D eigenvalue weighted by molar-refractivity contribution is 0.0692. The number of anilines is 2. The van der Waals surface area contributed by atoms with Crippen molar-refractivity contribution < 1.29 is 14.3 Å². The highest BCUT2D eigenvalue weighted by Gasteiger charge is 2.14. The van der Waals surface area contributed by atoms with Gasteiger partial charge in [-0.2, -0.15) is 0 Å². The van der Waals surface area contributed by atoms with Crippen LogP contribution in [0.2, 0.25) is 5.02 Å². The Morgan fingerprint density at radius 1 is 1.53 bits per heavy atom. The fourth-order valence-electron chi connectivity index (χ4n) is 1.20. The molecule has 4 nitrogen and oxygen atoms in total. The molecule has 0 amide bonds. The molecule has 1 aromatic carbocycles. The summed E-state index contributed by atoms with van der Waals surface area (Å²) >= 11 is 6.96. The van der Waals surface area contributed by atoms with Crippen LogP contribution in [0.4, 0.5) is 15.1 Å². The lowest BCUT2D eigenvalue weighted by atomic mass is 10.3. The van der Waals surface area contributed by atoms with Gasteiger partial charge in [-0.05, 0) is 18.2 Å². The van der Waals surface area contributed by atoms with Gasteiger partial charge in [-0.1, -0.05) is 11.6 Å². The quantitative estimate of drug-likeness (QED) is 0.899. The van der Waals surface area contributed by atoms with E-state index in [0.717, 1.165) is 11.3 Å². The number of thiazole rings is 1. The molecule has 0 bridgehead atoms. The van der Waals surface area contributed by atoms with Crippen LogP contribution in [-0.2, 0) is 0 Å². The molecule has 0 spiro atoms. The summed E-state index contributed by atoms with van der Waals surface area (Å²) in [5.41, 5.74) is 1.58. The van der Waals surface area contributed by atoms with Gasteiger partial charge in [0.25, 0.3) is 0 Å². The summed E-state index contributed by atoms with van der Waals surface area (Å²) in [7, 11) is 0. The average Bonchev–Trinajstić information content (AvgIpc) is 2.71. The second-order valence-corrected chi connectivity index (χ2v) is 4.35. The zero-order valence-corrected chi connectivity index (χ0v) is 9.85. The number of benzene rings is 1. The summed E-state index contributed by atoms with van der Waals surface area (Å²) in [6.45, 7) is 0. The Balaban J connectivity index is 2.34. The summed E-state index contributed by atoms with van der Waals surface area (Å²) in [4.78, 5) is 14.5. The van der Waals surface area contributed by atoms with Crippen molar-refractivity contribution in [2.75, 3.05) is 5.32 Å². The van der Waals surface area contributed by atoms with Gasteiger partial charge >= 0.3 is 5.97 Å². The molecule has 0 saturated heterocycles. The second kappa shape index (κ2) is 4.68. The molecule has 2 rings (SSSR count). The smallest absolute Gasteiger partial charge is 0.357 e. The van der Waals surface area contributed by atoms with Crippen LogP contribution < -0.4 is 5.32 Å². The van der Waals surface area contributed by atoms with E-state index in [9.17, 15) is 9.18 Å². The minimum Gasteiger partial charge on any atom is -0.476 e. The van der Waals surface area contributed by atoms with E-state index in [4.69, 9.17) is 16.7 Å². The zero-order valence-electron chi connectivity index (χ0n) is 8.28. The number of carbonyl (C=O) groups is 1. The highest BCUT2D eigenvalue weighted by molar-refractivity contribution is 7.14. The van der Waals surface area contributed by atoms with Gasteiger partial charge < -0.3 is 10.4 Å². The van der Waals surface area contributed by atoms with E-state index in [1.54, 1.807) is 0 Å². The van der Waals surface area contributed by atoms with Crippen LogP contribution in [0.1, 0.15) is 10.5 Å². The normalized spacial score (nSPS) is 10.2. The summed E-state index contributed by atoms with van der Waals surface area (Å²) in [6, 6.07) is 3.80.